The molecule has 0 aromatic heterocycles. The molecular weight excluding hydrogens is 200 g/mol. The van der Waals surface area contributed by atoms with Gasteiger partial charge in [0.15, 0.2) is 0 Å². The van der Waals surface area contributed by atoms with Crippen LogP contribution in [0.3, 0.4) is 0 Å². The van der Waals surface area contributed by atoms with E-state index >= 15 is 0 Å². The summed E-state index contributed by atoms with van der Waals surface area (Å²) >= 11 is 0. The van der Waals surface area contributed by atoms with Crippen molar-refractivity contribution in [2.24, 2.45) is 5.73 Å². The zero-order chi connectivity index (χ0) is 12.0. The number of hydrogen-bond donors (Lipinski definition) is 1. The van der Waals surface area contributed by atoms with Gasteiger partial charge in [0.25, 0.3) is 0 Å². The molecule has 0 spiro atoms. The standard InChI is InChI=1S/C13H18N2O/c1-11-4-6-12(7-5-11)16-9-3-8-13(2,15)10-14/h4-7H,3,8-9,15H2,1-2H3. The molecule has 0 aliphatic rings. The largest absolute Gasteiger partial charge is 0.494 e. The summed E-state index contributed by atoms with van der Waals surface area (Å²) in [4.78, 5) is 0. The second-order valence-electron chi connectivity index (χ2n) is 4.29. The van der Waals surface area contributed by atoms with E-state index in [1.54, 1.807) is 6.92 Å². The molecule has 1 rings (SSSR count). The lowest BCUT2D eigenvalue weighted by atomic mass is 10.00. The number of ether oxygens (including phenoxy) is 1. The van der Waals surface area contributed by atoms with Gasteiger partial charge in [-0.05, 0) is 38.8 Å². The van der Waals surface area contributed by atoms with Crippen LogP contribution in [0.5, 0.6) is 5.75 Å². The highest BCUT2D eigenvalue weighted by atomic mass is 16.5. The fraction of sp³-hybridized carbons (Fsp3) is 0.462. The molecule has 0 fully saturated rings. The maximum Gasteiger partial charge on any atom is 0.119 e. The van der Waals surface area contributed by atoms with Gasteiger partial charge in [0, 0.05) is 0 Å². The normalized spacial score (nSPS) is 13.9. The Kier molecular flexibility index (Phi) is 4.33. The number of hydrogen-bond acceptors (Lipinski definition) is 3. The summed E-state index contributed by atoms with van der Waals surface area (Å²) in [6, 6.07) is 9.98. The zero-order valence-corrected chi connectivity index (χ0v) is 9.86. The van der Waals surface area contributed by atoms with Gasteiger partial charge >= 0.3 is 0 Å². The quantitative estimate of drug-likeness (QED) is 0.772. The van der Waals surface area contributed by atoms with Gasteiger partial charge in [0.05, 0.1) is 12.7 Å². The van der Waals surface area contributed by atoms with E-state index in [2.05, 4.69) is 6.07 Å². The minimum atomic E-state index is -0.739. The molecule has 0 amide bonds. The van der Waals surface area contributed by atoms with E-state index in [1.807, 2.05) is 31.2 Å². The van der Waals surface area contributed by atoms with Crippen molar-refractivity contribution in [2.45, 2.75) is 32.2 Å². The van der Waals surface area contributed by atoms with Crippen LogP contribution in [-0.2, 0) is 0 Å². The Morgan fingerprint density at radius 3 is 2.56 bits per heavy atom. The van der Waals surface area contributed by atoms with Crippen LogP contribution in [0.1, 0.15) is 25.3 Å². The van der Waals surface area contributed by atoms with Crippen molar-refractivity contribution in [2.75, 3.05) is 6.61 Å². The maximum atomic E-state index is 8.73. The number of rotatable bonds is 5. The van der Waals surface area contributed by atoms with E-state index in [0.717, 1.165) is 12.2 Å². The van der Waals surface area contributed by atoms with Crippen LogP contribution >= 0.6 is 0 Å². The number of nitrogens with two attached hydrogens (primary N) is 1. The molecule has 0 bridgehead atoms. The van der Waals surface area contributed by atoms with Crippen LogP contribution in [0.25, 0.3) is 0 Å². The van der Waals surface area contributed by atoms with Crippen molar-refractivity contribution in [1.82, 2.24) is 0 Å². The fourth-order valence-electron chi connectivity index (χ4n) is 1.32. The molecular formula is C13H18N2O. The second-order valence-corrected chi connectivity index (χ2v) is 4.29. The van der Waals surface area contributed by atoms with Crippen LogP contribution in [0, 0.1) is 18.3 Å². The predicted molar refractivity (Wildman–Crippen MR) is 64.1 cm³/mol. The number of nitriles is 1. The molecule has 3 nitrogen and oxygen atoms in total. The van der Waals surface area contributed by atoms with Crippen molar-refractivity contribution in [3.63, 3.8) is 0 Å². The average molecular weight is 218 g/mol. The van der Waals surface area contributed by atoms with Gasteiger partial charge in [0.2, 0.25) is 0 Å². The van der Waals surface area contributed by atoms with Crippen molar-refractivity contribution in [1.29, 1.82) is 5.26 Å². The molecule has 0 saturated heterocycles. The number of benzene rings is 1. The Balaban J connectivity index is 2.27. The van der Waals surface area contributed by atoms with Gasteiger partial charge < -0.3 is 10.5 Å². The Bertz CT molecular complexity index is 363. The van der Waals surface area contributed by atoms with E-state index in [4.69, 9.17) is 15.7 Å². The lowest BCUT2D eigenvalue weighted by Crippen LogP contribution is -2.34. The van der Waals surface area contributed by atoms with E-state index in [9.17, 15) is 0 Å². The fourth-order valence-corrected chi connectivity index (χ4v) is 1.32. The Labute approximate surface area is 96.8 Å². The minimum absolute atomic E-state index is 0.595. The predicted octanol–water partition coefficient (Wildman–Crippen LogP) is 2.40. The molecule has 0 saturated carbocycles. The first kappa shape index (κ1) is 12.5. The summed E-state index contributed by atoms with van der Waals surface area (Å²) in [6.45, 7) is 4.37. The topological polar surface area (TPSA) is 59.0 Å². The molecule has 0 radical (unpaired) electrons. The van der Waals surface area contributed by atoms with Crippen molar-refractivity contribution < 1.29 is 4.74 Å². The first-order valence-electron chi connectivity index (χ1n) is 5.43. The van der Waals surface area contributed by atoms with Crippen LogP contribution < -0.4 is 10.5 Å². The monoisotopic (exact) mass is 218 g/mol. The van der Waals surface area contributed by atoms with E-state index in [0.29, 0.717) is 13.0 Å². The SMILES string of the molecule is Cc1ccc(OCCCC(C)(N)C#N)cc1. The third-order valence-electron chi connectivity index (χ3n) is 2.39. The van der Waals surface area contributed by atoms with Crippen LogP contribution in [0.2, 0.25) is 0 Å². The summed E-state index contributed by atoms with van der Waals surface area (Å²) in [7, 11) is 0. The highest BCUT2D eigenvalue weighted by Gasteiger charge is 2.15. The lowest BCUT2D eigenvalue weighted by Gasteiger charge is -2.14. The van der Waals surface area contributed by atoms with E-state index < -0.39 is 5.54 Å². The minimum Gasteiger partial charge on any atom is -0.494 e. The molecule has 0 heterocycles. The molecule has 1 aromatic rings. The number of nitrogens with zero attached hydrogens (tertiary/aromatic N) is 1. The van der Waals surface area contributed by atoms with Gasteiger partial charge in [-0.3, -0.25) is 0 Å². The third kappa shape index (κ3) is 4.33. The summed E-state index contributed by atoms with van der Waals surface area (Å²) in [6.07, 6.45) is 1.43. The Morgan fingerprint density at radius 1 is 1.38 bits per heavy atom. The van der Waals surface area contributed by atoms with Crippen LogP contribution in [0.4, 0.5) is 0 Å². The molecule has 3 heteroatoms. The van der Waals surface area contributed by atoms with Crippen molar-refractivity contribution >= 4 is 0 Å². The van der Waals surface area contributed by atoms with Gasteiger partial charge in [-0.15, -0.1) is 0 Å². The van der Waals surface area contributed by atoms with Gasteiger partial charge in [0.1, 0.15) is 11.3 Å². The van der Waals surface area contributed by atoms with Crippen LogP contribution in [0.15, 0.2) is 24.3 Å². The molecule has 1 aromatic carbocycles. The van der Waals surface area contributed by atoms with Crippen LogP contribution in [-0.4, -0.2) is 12.1 Å². The number of aryl methyl sites for hydroxylation is 1. The molecule has 86 valence electrons. The zero-order valence-electron chi connectivity index (χ0n) is 9.86. The highest BCUT2D eigenvalue weighted by molar-refractivity contribution is 5.26. The smallest absolute Gasteiger partial charge is 0.119 e. The highest BCUT2D eigenvalue weighted by Crippen LogP contribution is 2.13. The van der Waals surface area contributed by atoms with Gasteiger partial charge in [-0.1, -0.05) is 17.7 Å². The maximum absolute atomic E-state index is 8.73. The Hall–Kier alpha value is -1.53. The van der Waals surface area contributed by atoms with Crippen molar-refractivity contribution in [3.05, 3.63) is 29.8 Å². The third-order valence-corrected chi connectivity index (χ3v) is 2.39. The average Bonchev–Trinajstić information content (AvgIpc) is 2.27. The second kappa shape index (κ2) is 5.53. The Morgan fingerprint density at radius 2 is 2.00 bits per heavy atom. The van der Waals surface area contributed by atoms with Gasteiger partial charge in [-0.2, -0.15) is 5.26 Å². The molecule has 0 aliphatic carbocycles. The summed E-state index contributed by atoms with van der Waals surface area (Å²) in [5.41, 5.74) is 6.17. The molecule has 2 N–H and O–H groups in total. The summed E-state index contributed by atoms with van der Waals surface area (Å²) in [5, 5.41) is 8.73. The van der Waals surface area contributed by atoms with Gasteiger partial charge in [-0.25, -0.2) is 0 Å². The molecule has 1 unspecified atom stereocenters. The summed E-state index contributed by atoms with van der Waals surface area (Å²) < 4.78 is 5.54. The van der Waals surface area contributed by atoms with E-state index in [1.165, 1.54) is 5.56 Å². The first-order valence-corrected chi connectivity index (χ1v) is 5.43. The summed E-state index contributed by atoms with van der Waals surface area (Å²) in [5.74, 6) is 0.862. The lowest BCUT2D eigenvalue weighted by molar-refractivity contribution is 0.296. The molecule has 1 atom stereocenters. The molecule has 16 heavy (non-hydrogen) atoms. The van der Waals surface area contributed by atoms with E-state index in [-0.39, 0.29) is 0 Å². The van der Waals surface area contributed by atoms with Crippen molar-refractivity contribution in [3.8, 4) is 11.8 Å². The first-order chi connectivity index (χ1) is 7.53. The molecule has 0 aliphatic heterocycles.